The quantitative estimate of drug-likeness (QED) is 0.899. The summed E-state index contributed by atoms with van der Waals surface area (Å²) in [7, 11) is 1.90. The number of hydrogen-bond acceptors (Lipinski definition) is 3. The van der Waals surface area contributed by atoms with Gasteiger partial charge in [0, 0.05) is 20.1 Å². The molecule has 0 amide bonds. The third-order valence-electron chi connectivity index (χ3n) is 4.54. The van der Waals surface area contributed by atoms with E-state index in [0.29, 0.717) is 18.5 Å². The highest BCUT2D eigenvalue weighted by Crippen LogP contribution is 2.39. The second-order valence-corrected chi connectivity index (χ2v) is 7.34. The minimum Gasteiger partial charge on any atom is -0.389 e. The second-order valence-electron chi connectivity index (χ2n) is 6.96. The molecule has 0 unspecified atom stereocenters. The highest BCUT2D eigenvalue weighted by molar-refractivity contribution is 6.31. The Balaban J connectivity index is 1.87. The summed E-state index contributed by atoms with van der Waals surface area (Å²) in [6.07, 6.45) is 3.89. The molecule has 0 bridgehead atoms. The molecule has 4 nitrogen and oxygen atoms in total. The van der Waals surface area contributed by atoms with Crippen molar-refractivity contribution in [1.82, 2.24) is 15.1 Å². The molecule has 1 fully saturated rings. The van der Waals surface area contributed by atoms with E-state index in [2.05, 4.69) is 24.3 Å². The highest BCUT2D eigenvalue weighted by Gasteiger charge is 2.36. The number of aliphatic hydroxyl groups is 1. The zero-order chi connectivity index (χ0) is 15.0. The van der Waals surface area contributed by atoms with Crippen LogP contribution in [0, 0.1) is 12.3 Å². The fourth-order valence-corrected chi connectivity index (χ4v) is 3.08. The van der Waals surface area contributed by atoms with Gasteiger partial charge in [0.25, 0.3) is 0 Å². The Morgan fingerprint density at radius 3 is 2.40 bits per heavy atom. The molecule has 0 radical (unpaired) electrons. The molecule has 2 N–H and O–H groups in total. The topological polar surface area (TPSA) is 50.1 Å². The predicted octanol–water partition coefficient (Wildman–Crippen LogP) is 2.80. The van der Waals surface area contributed by atoms with Crippen molar-refractivity contribution in [2.45, 2.75) is 58.6 Å². The largest absolute Gasteiger partial charge is 0.389 e. The normalized spacial score (nSPS) is 21.1. The highest BCUT2D eigenvalue weighted by atomic mass is 35.5. The average Bonchev–Trinajstić information content (AvgIpc) is 2.60. The van der Waals surface area contributed by atoms with Gasteiger partial charge in [0.05, 0.1) is 22.0 Å². The zero-order valence-electron chi connectivity index (χ0n) is 13.0. The summed E-state index contributed by atoms with van der Waals surface area (Å²) in [4.78, 5) is 0. The Morgan fingerprint density at radius 2 is 1.90 bits per heavy atom. The summed E-state index contributed by atoms with van der Waals surface area (Å²) < 4.78 is 1.80. The molecule has 0 aliphatic heterocycles. The second kappa shape index (κ2) is 5.66. The lowest BCUT2D eigenvalue weighted by atomic mass is 9.71. The van der Waals surface area contributed by atoms with E-state index in [1.807, 2.05) is 14.0 Å². The van der Waals surface area contributed by atoms with Crippen LogP contribution in [0.1, 0.15) is 50.9 Å². The van der Waals surface area contributed by atoms with Gasteiger partial charge in [-0.2, -0.15) is 5.10 Å². The van der Waals surface area contributed by atoms with Gasteiger partial charge >= 0.3 is 0 Å². The van der Waals surface area contributed by atoms with Gasteiger partial charge in [0.1, 0.15) is 0 Å². The van der Waals surface area contributed by atoms with Crippen LogP contribution in [-0.4, -0.2) is 27.0 Å². The molecule has 0 aromatic carbocycles. The van der Waals surface area contributed by atoms with Crippen LogP contribution in [0.2, 0.25) is 5.02 Å². The fraction of sp³-hybridized carbons (Fsp3) is 0.800. The van der Waals surface area contributed by atoms with E-state index in [4.69, 9.17) is 11.6 Å². The van der Waals surface area contributed by atoms with Crippen LogP contribution in [0.5, 0.6) is 0 Å². The maximum atomic E-state index is 10.6. The minimum absolute atomic E-state index is 0.370. The Labute approximate surface area is 126 Å². The monoisotopic (exact) mass is 299 g/mol. The van der Waals surface area contributed by atoms with Gasteiger partial charge in [0.2, 0.25) is 0 Å². The van der Waals surface area contributed by atoms with Crippen molar-refractivity contribution < 1.29 is 5.11 Å². The Bertz CT molecular complexity index is 472. The summed E-state index contributed by atoms with van der Waals surface area (Å²) in [5.74, 6) is 0. The Morgan fingerprint density at radius 1 is 1.30 bits per heavy atom. The van der Waals surface area contributed by atoms with Crippen LogP contribution < -0.4 is 5.32 Å². The molecule has 20 heavy (non-hydrogen) atoms. The number of nitrogens with one attached hydrogen (secondary N) is 1. The number of rotatable bonds is 4. The number of nitrogens with zero attached hydrogens (tertiary/aromatic N) is 2. The van der Waals surface area contributed by atoms with Crippen LogP contribution >= 0.6 is 11.6 Å². The Kier molecular flexibility index (Phi) is 4.47. The van der Waals surface area contributed by atoms with E-state index in [-0.39, 0.29) is 0 Å². The van der Waals surface area contributed by atoms with Crippen LogP contribution in [-0.2, 0) is 13.6 Å². The molecule has 0 atom stereocenters. The summed E-state index contributed by atoms with van der Waals surface area (Å²) in [5.41, 5.74) is 1.62. The van der Waals surface area contributed by atoms with Crippen molar-refractivity contribution in [3.05, 3.63) is 16.4 Å². The molecule has 0 saturated heterocycles. The van der Waals surface area contributed by atoms with Crippen LogP contribution in [0.3, 0.4) is 0 Å². The van der Waals surface area contributed by atoms with E-state index < -0.39 is 5.60 Å². The molecule has 5 heteroatoms. The lowest BCUT2D eigenvalue weighted by Gasteiger charge is -2.40. The minimum atomic E-state index is -0.574. The first-order valence-corrected chi connectivity index (χ1v) is 7.71. The van der Waals surface area contributed by atoms with E-state index in [1.54, 1.807) is 4.68 Å². The van der Waals surface area contributed by atoms with Crippen molar-refractivity contribution in [3.8, 4) is 0 Å². The van der Waals surface area contributed by atoms with Crippen molar-refractivity contribution in [2.75, 3.05) is 6.54 Å². The van der Waals surface area contributed by atoms with Crippen molar-refractivity contribution >= 4 is 11.6 Å². The number of hydrogen-bond donors (Lipinski definition) is 2. The number of aromatic nitrogens is 2. The van der Waals surface area contributed by atoms with Gasteiger partial charge in [-0.15, -0.1) is 0 Å². The predicted molar refractivity (Wildman–Crippen MR) is 81.9 cm³/mol. The molecule has 1 aliphatic carbocycles. The third kappa shape index (κ3) is 3.54. The van der Waals surface area contributed by atoms with Crippen molar-refractivity contribution in [1.29, 1.82) is 0 Å². The zero-order valence-corrected chi connectivity index (χ0v) is 13.7. The number of halogens is 1. The maximum Gasteiger partial charge on any atom is 0.0860 e. The molecule has 1 aliphatic rings. The van der Waals surface area contributed by atoms with Crippen LogP contribution in [0.4, 0.5) is 0 Å². The molecule has 1 aromatic rings. The summed E-state index contributed by atoms with van der Waals surface area (Å²) in [6, 6.07) is 0. The van der Waals surface area contributed by atoms with E-state index in [0.717, 1.165) is 42.1 Å². The van der Waals surface area contributed by atoms with Crippen molar-refractivity contribution in [2.24, 2.45) is 12.5 Å². The summed E-state index contributed by atoms with van der Waals surface area (Å²) >= 11 is 6.22. The van der Waals surface area contributed by atoms with Gasteiger partial charge in [-0.05, 0) is 38.0 Å². The van der Waals surface area contributed by atoms with Gasteiger partial charge in [-0.1, -0.05) is 25.4 Å². The van der Waals surface area contributed by atoms with Gasteiger partial charge in [-0.3, -0.25) is 4.68 Å². The molecule has 1 aromatic heterocycles. The first-order chi connectivity index (χ1) is 9.22. The molecule has 0 spiro atoms. The van der Waals surface area contributed by atoms with E-state index >= 15 is 0 Å². The van der Waals surface area contributed by atoms with Crippen molar-refractivity contribution in [3.63, 3.8) is 0 Å². The summed E-state index contributed by atoms with van der Waals surface area (Å²) in [5, 5.41) is 19.0. The average molecular weight is 300 g/mol. The standard InChI is InChI=1S/C15H26ClN3O/c1-11-13(16)12(19(4)18-11)9-17-10-15(20)7-5-14(2,3)6-8-15/h17,20H,5-10H2,1-4H3. The lowest BCUT2D eigenvalue weighted by molar-refractivity contribution is -0.0245. The first kappa shape index (κ1) is 15.8. The molecular formula is C15H26ClN3O. The molecular weight excluding hydrogens is 274 g/mol. The summed E-state index contributed by atoms with van der Waals surface area (Å²) in [6.45, 7) is 7.71. The SMILES string of the molecule is Cc1nn(C)c(CNCC2(O)CCC(C)(C)CC2)c1Cl. The smallest absolute Gasteiger partial charge is 0.0860 e. The van der Waals surface area contributed by atoms with Gasteiger partial charge in [-0.25, -0.2) is 0 Å². The molecule has 1 saturated carbocycles. The van der Waals surface area contributed by atoms with E-state index in [9.17, 15) is 5.11 Å². The maximum absolute atomic E-state index is 10.6. The lowest BCUT2D eigenvalue weighted by Crippen LogP contribution is -2.45. The first-order valence-electron chi connectivity index (χ1n) is 7.34. The molecule has 114 valence electrons. The van der Waals surface area contributed by atoms with Gasteiger partial charge in [0.15, 0.2) is 0 Å². The van der Waals surface area contributed by atoms with Gasteiger partial charge < -0.3 is 10.4 Å². The van der Waals surface area contributed by atoms with Crippen LogP contribution in [0.15, 0.2) is 0 Å². The fourth-order valence-electron chi connectivity index (χ4n) is 2.85. The molecule has 2 rings (SSSR count). The van der Waals surface area contributed by atoms with E-state index in [1.165, 1.54) is 0 Å². The number of aryl methyl sites for hydroxylation is 2. The molecule has 1 heterocycles. The van der Waals surface area contributed by atoms with Crippen LogP contribution in [0.25, 0.3) is 0 Å². The Hall–Kier alpha value is -0.580. The third-order valence-corrected chi connectivity index (χ3v) is 5.03.